The molecule has 4 rings (SSSR count). The largest absolute Gasteiger partial charge is 0.545 e. The number of fused-ring (bicyclic) bond motifs is 2. The van der Waals surface area contributed by atoms with E-state index in [2.05, 4.69) is 63.7 Å². The zero-order chi connectivity index (χ0) is 19.3. The molecule has 7 heteroatoms. The van der Waals surface area contributed by atoms with E-state index in [1.807, 2.05) is 30.3 Å². The Hall–Kier alpha value is -1.28. The summed E-state index contributed by atoms with van der Waals surface area (Å²) in [6.45, 7) is 0. The minimum atomic E-state index is -1.23. The summed E-state index contributed by atoms with van der Waals surface area (Å²) in [5, 5.41) is 13.3. The first kappa shape index (κ1) is 19.1. The molecule has 1 heterocycles. The number of carbonyl (C=O) groups excluding carboxylic acids is 1. The summed E-state index contributed by atoms with van der Waals surface area (Å²) in [4.78, 5) is 11.8. The van der Waals surface area contributed by atoms with Crippen molar-refractivity contribution in [2.24, 2.45) is 0 Å². The monoisotopic (exact) mass is 612 g/mol. The fourth-order valence-electron chi connectivity index (χ4n) is 3.12. The van der Waals surface area contributed by atoms with Crippen molar-refractivity contribution in [2.45, 2.75) is 0 Å². The molecule has 27 heavy (non-hydrogen) atoms. The van der Waals surface area contributed by atoms with Gasteiger partial charge in [0.05, 0.1) is 16.7 Å². The van der Waals surface area contributed by atoms with Gasteiger partial charge in [0.2, 0.25) is 0 Å². The van der Waals surface area contributed by atoms with Crippen LogP contribution in [0.25, 0.3) is 33.1 Å². The van der Waals surface area contributed by atoms with E-state index in [1.165, 1.54) is 0 Å². The number of carboxylic acid groups (broad SMARTS) is 1. The Morgan fingerprint density at radius 1 is 0.815 bits per heavy atom. The summed E-state index contributed by atoms with van der Waals surface area (Å²) >= 11 is 14.1. The molecule has 134 valence electrons. The van der Waals surface area contributed by atoms with Gasteiger partial charge in [-0.2, -0.15) is 0 Å². The number of carbonyl (C=O) groups is 1. The van der Waals surface area contributed by atoms with Crippen LogP contribution in [0.5, 0.6) is 0 Å². The summed E-state index contributed by atoms with van der Waals surface area (Å²) in [7, 11) is 0. The topological polar surface area (TPSA) is 51.4 Å². The number of carboxylic acids is 1. The lowest BCUT2D eigenvalue weighted by molar-refractivity contribution is -0.254. The maximum Gasteiger partial charge on any atom is 0.375 e. The van der Waals surface area contributed by atoms with Gasteiger partial charge in [-0.1, -0.05) is 56.1 Å². The van der Waals surface area contributed by atoms with Crippen LogP contribution in [0.4, 0.5) is 0 Å². The molecule has 0 amide bonds. The Balaban J connectivity index is 2.31. The second-order valence-corrected chi connectivity index (χ2v) is 9.38. The maximum absolute atomic E-state index is 11.8. The SMILES string of the molecule is O=C([O-])c1ccccc1-c1c2cc(Br)cc(Br)c2[o+]c2c(Br)cc(Br)cc12. The van der Waals surface area contributed by atoms with Crippen molar-refractivity contribution in [1.29, 1.82) is 0 Å². The Morgan fingerprint density at radius 2 is 1.33 bits per heavy atom. The molecule has 0 saturated heterocycles. The molecule has 0 N–H and O–H groups in total. The highest BCUT2D eigenvalue weighted by Gasteiger charge is 2.26. The van der Waals surface area contributed by atoms with Crippen molar-refractivity contribution in [3.05, 3.63) is 72.0 Å². The molecule has 0 aliphatic rings. The van der Waals surface area contributed by atoms with Gasteiger partial charge in [-0.15, -0.1) is 0 Å². The van der Waals surface area contributed by atoms with Crippen LogP contribution in [-0.4, -0.2) is 5.97 Å². The average molecular weight is 616 g/mol. The standard InChI is InChI=1S/C20H8Br4O3/c21-9-5-13-17(11-3-1-2-4-12(11)20(25)26)14-6-10(22)8-16(24)19(14)27-18(13)15(23)7-9/h1-8H. The van der Waals surface area contributed by atoms with Crippen molar-refractivity contribution in [2.75, 3.05) is 0 Å². The molecule has 0 bridgehead atoms. The quantitative estimate of drug-likeness (QED) is 0.181. The van der Waals surface area contributed by atoms with Gasteiger partial charge in [-0.05, 0) is 61.7 Å². The predicted molar refractivity (Wildman–Crippen MR) is 119 cm³/mol. The molecule has 0 atom stereocenters. The molecule has 0 fully saturated rings. The van der Waals surface area contributed by atoms with E-state index in [-0.39, 0.29) is 5.56 Å². The number of rotatable bonds is 2. The number of benzene rings is 3. The Morgan fingerprint density at radius 3 is 1.85 bits per heavy atom. The van der Waals surface area contributed by atoms with E-state index in [0.717, 1.165) is 34.2 Å². The van der Waals surface area contributed by atoms with Crippen LogP contribution in [0.15, 0.2) is 70.8 Å². The fraction of sp³-hybridized carbons (Fsp3) is 0. The van der Waals surface area contributed by atoms with Gasteiger partial charge in [0.1, 0.15) is 8.95 Å². The van der Waals surface area contributed by atoms with Crippen LogP contribution in [0.1, 0.15) is 10.4 Å². The smallest absolute Gasteiger partial charge is 0.375 e. The summed E-state index contributed by atoms with van der Waals surface area (Å²) in [5.41, 5.74) is 2.69. The van der Waals surface area contributed by atoms with E-state index < -0.39 is 5.97 Å². The van der Waals surface area contributed by atoms with Crippen LogP contribution in [0, 0.1) is 0 Å². The van der Waals surface area contributed by atoms with Gasteiger partial charge < -0.3 is 9.90 Å². The third-order valence-corrected chi connectivity index (χ3v) is 6.27. The van der Waals surface area contributed by atoms with E-state index in [0.29, 0.717) is 16.7 Å². The summed E-state index contributed by atoms with van der Waals surface area (Å²) in [5.74, 6) is -1.23. The average Bonchev–Trinajstić information content (AvgIpc) is 2.60. The van der Waals surface area contributed by atoms with Gasteiger partial charge in [0.25, 0.3) is 0 Å². The van der Waals surface area contributed by atoms with Crippen molar-refractivity contribution >= 4 is 91.6 Å². The normalized spacial score (nSPS) is 11.3. The highest BCUT2D eigenvalue weighted by molar-refractivity contribution is 9.11. The third kappa shape index (κ3) is 3.35. The lowest BCUT2D eigenvalue weighted by atomic mass is 9.93. The van der Waals surface area contributed by atoms with Gasteiger partial charge in [0.15, 0.2) is 0 Å². The zero-order valence-electron chi connectivity index (χ0n) is 13.4. The van der Waals surface area contributed by atoms with Gasteiger partial charge in [-0.25, -0.2) is 4.42 Å². The van der Waals surface area contributed by atoms with E-state index in [4.69, 9.17) is 4.42 Å². The van der Waals surface area contributed by atoms with Crippen LogP contribution in [0.3, 0.4) is 0 Å². The molecule has 4 aromatic rings. The van der Waals surface area contributed by atoms with Gasteiger partial charge in [0, 0.05) is 20.1 Å². The molecule has 0 unspecified atom stereocenters. The second kappa shape index (κ2) is 7.28. The number of hydrogen-bond donors (Lipinski definition) is 0. The Labute approximate surface area is 187 Å². The van der Waals surface area contributed by atoms with Crippen LogP contribution in [-0.2, 0) is 0 Å². The van der Waals surface area contributed by atoms with E-state index in [9.17, 15) is 9.90 Å². The number of hydrogen-bond acceptors (Lipinski definition) is 2. The second-order valence-electron chi connectivity index (χ2n) is 5.84. The third-order valence-electron chi connectivity index (χ3n) is 4.18. The molecule has 0 aliphatic carbocycles. The Kier molecular flexibility index (Phi) is 5.14. The predicted octanol–water partition coefficient (Wildman–Crippen LogP) is 6.95. The van der Waals surface area contributed by atoms with Gasteiger partial charge in [-0.3, -0.25) is 0 Å². The van der Waals surface area contributed by atoms with Crippen molar-refractivity contribution in [3.8, 4) is 11.1 Å². The maximum atomic E-state index is 11.8. The summed E-state index contributed by atoms with van der Waals surface area (Å²) in [6, 6.07) is 14.4. The van der Waals surface area contributed by atoms with Crippen LogP contribution in [0.2, 0.25) is 0 Å². The fourth-order valence-corrected chi connectivity index (χ4v) is 5.73. The first-order chi connectivity index (χ1) is 12.9. The lowest BCUT2D eigenvalue weighted by Gasteiger charge is -2.13. The van der Waals surface area contributed by atoms with Crippen molar-refractivity contribution < 1.29 is 14.3 Å². The molecular formula is C20H8Br4O3. The lowest BCUT2D eigenvalue weighted by Crippen LogP contribution is -2.23. The van der Waals surface area contributed by atoms with Crippen LogP contribution < -0.4 is 5.11 Å². The molecule has 0 saturated carbocycles. The van der Waals surface area contributed by atoms with E-state index >= 15 is 0 Å². The highest BCUT2D eigenvalue weighted by Crippen LogP contribution is 2.44. The molecule has 0 aliphatic heterocycles. The first-order valence-electron chi connectivity index (χ1n) is 7.71. The van der Waals surface area contributed by atoms with Gasteiger partial charge >= 0.3 is 11.2 Å². The minimum Gasteiger partial charge on any atom is -0.545 e. The van der Waals surface area contributed by atoms with E-state index in [1.54, 1.807) is 18.2 Å². The summed E-state index contributed by atoms with van der Waals surface area (Å²) in [6.07, 6.45) is 0. The number of aromatic carboxylic acids is 1. The minimum absolute atomic E-state index is 0.124. The van der Waals surface area contributed by atoms with Crippen molar-refractivity contribution in [3.63, 3.8) is 0 Å². The molecule has 1 aromatic heterocycles. The molecule has 3 nitrogen and oxygen atoms in total. The number of halogens is 4. The molecule has 0 radical (unpaired) electrons. The van der Waals surface area contributed by atoms with Crippen LogP contribution >= 0.6 is 63.7 Å². The molecular weight excluding hydrogens is 608 g/mol. The van der Waals surface area contributed by atoms with Crippen molar-refractivity contribution in [1.82, 2.24) is 0 Å². The Bertz CT molecular complexity index is 1190. The first-order valence-corrected chi connectivity index (χ1v) is 10.9. The summed E-state index contributed by atoms with van der Waals surface area (Å²) < 4.78 is 9.39. The molecule has 0 spiro atoms. The highest BCUT2D eigenvalue weighted by atomic mass is 79.9. The molecule has 3 aromatic carbocycles. The zero-order valence-corrected chi connectivity index (χ0v) is 19.7.